The van der Waals surface area contributed by atoms with Gasteiger partial charge in [0, 0.05) is 17.7 Å². The predicted octanol–water partition coefficient (Wildman–Crippen LogP) is 8.70. The van der Waals surface area contributed by atoms with Gasteiger partial charge in [-0.1, -0.05) is 59.8 Å². The number of hydrogen-bond donors (Lipinski definition) is 2. The largest absolute Gasteiger partial charge is 0.507 e. The number of phenolic OH excluding ortho intramolecular Hbond substituents is 2. The topological polar surface area (TPSA) is 107 Å². The quantitative estimate of drug-likeness (QED) is 0.132. The first kappa shape index (κ1) is 32.6. The molecule has 1 aromatic heterocycles. The van der Waals surface area contributed by atoms with Crippen molar-refractivity contribution < 1.29 is 24.4 Å². The second-order valence-corrected chi connectivity index (χ2v) is 11.1. The molecule has 0 aliphatic carbocycles. The van der Waals surface area contributed by atoms with E-state index in [2.05, 4.69) is 32.7 Å². The number of phenols is 2. The maximum atomic E-state index is 11.1. The molecule has 0 radical (unpaired) electrons. The molecule has 8 nitrogen and oxygen atoms in total. The van der Waals surface area contributed by atoms with Gasteiger partial charge in [0.2, 0.25) is 0 Å². The Morgan fingerprint density at radius 2 is 1.09 bits per heavy atom. The molecule has 4 rings (SSSR count). The fourth-order valence-corrected chi connectivity index (χ4v) is 4.92. The standard InChI is InChI=1S/C36H45N3O5/c1-6-10-11-25(9-4)23-44-29-17-19-31(33(41)21-29)36-38-34(26-12-14-27(42-5)15-13-26)37-35(39-36)30-18-16-28(20-32(30)40)43-22-24(7-2)8-3/h12-21,24-25,40-41H,6-11,22-23H2,1-5H3. The molecule has 44 heavy (non-hydrogen) atoms. The van der Waals surface area contributed by atoms with Crippen molar-refractivity contribution in [3.63, 3.8) is 0 Å². The van der Waals surface area contributed by atoms with Crippen LogP contribution in [0.15, 0.2) is 60.7 Å². The average Bonchev–Trinajstić information content (AvgIpc) is 3.05. The Bertz CT molecular complexity index is 1490. The van der Waals surface area contributed by atoms with E-state index in [1.807, 2.05) is 36.4 Å². The summed E-state index contributed by atoms with van der Waals surface area (Å²) in [7, 11) is 1.61. The van der Waals surface area contributed by atoms with Crippen molar-refractivity contribution >= 4 is 0 Å². The van der Waals surface area contributed by atoms with Crippen LogP contribution in [0.4, 0.5) is 0 Å². The molecule has 3 aromatic carbocycles. The van der Waals surface area contributed by atoms with E-state index in [1.54, 1.807) is 31.4 Å². The lowest BCUT2D eigenvalue weighted by molar-refractivity contribution is 0.232. The third kappa shape index (κ3) is 8.40. The molecule has 0 saturated heterocycles. The van der Waals surface area contributed by atoms with E-state index < -0.39 is 0 Å². The highest BCUT2D eigenvalue weighted by atomic mass is 16.5. The lowest BCUT2D eigenvalue weighted by Gasteiger charge is -2.16. The molecule has 1 heterocycles. The maximum absolute atomic E-state index is 11.1. The van der Waals surface area contributed by atoms with E-state index in [0.29, 0.717) is 59.2 Å². The Hall–Kier alpha value is -4.33. The molecular weight excluding hydrogens is 554 g/mol. The third-order valence-corrected chi connectivity index (χ3v) is 8.07. The van der Waals surface area contributed by atoms with Gasteiger partial charge < -0.3 is 24.4 Å². The van der Waals surface area contributed by atoms with Crippen LogP contribution in [0.5, 0.6) is 28.7 Å². The number of benzene rings is 3. The minimum atomic E-state index is -0.00796. The van der Waals surface area contributed by atoms with Gasteiger partial charge in [0.15, 0.2) is 17.5 Å². The lowest BCUT2D eigenvalue weighted by atomic mass is 10.0. The van der Waals surface area contributed by atoms with Crippen LogP contribution in [0, 0.1) is 11.8 Å². The van der Waals surface area contributed by atoms with Crippen LogP contribution in [0.1, 0.15) is 66.2 Å². The summed E-state index contributed by atoms with van der Waals surface area (Å²) >= 11 is 0. The third-order valence-electron chi connectivity index (χ3n) is 8.07. The fourth-order valence-electron chi connectivity index (χ4n) is 4.92. The van der Waals surface area contributed by atoms with Crippen LogP contribution in [-0.2, 0) is 0 Å². The highest BCUT2D eigenvalue weighted by molar-refractivity contribution is 5.72. The molecule has 1 atom stereocenters. The van der Waals surface area contributed by atoms with Gasteiger partial charge in [-0.25, -0.2) is 15.0 Å². The second-order valence-electron chi connectivity index (χ2n) is 11.1. The van der Waals surface area contributed by atoms with Gasteiger partial charge >= 0.3 is 0 Å². The zero-order chi connectivity index (χ0) is 31.5. The summed E-state index contributed by atoms with van der Waals surface area (Å²) in [6, 6.07) is 17.7. The Morgan fingerprint density at radius 3 is 1.55 bits per heavy atom. The van der Waals surface area contributed by atoms with Crippen molar-refractivity contribution in [3.8, 4) is 62.9 Å². The van der Waals surface area contributed by atoms with Gasteiger partial charge in [0.1, 0.15) is 28.7 Å². The van der Waals surface area contributed by atoms with Crippen LogP contribution < -0.4 is 14.2 Å². The summed E-state index contributed by atoms with van der Waals surface area (Å²) in [5, 5.41) is 22.1. The molecule has 0 fully saturated rings. The molecule has 0 aliphatic heterocycles. The Morgan fingerprint density at radius 1 is 0.614 bits per heavy atom. The first-order valence-corrected chi connectivity index (χ1v) is 15.7. The van der Waals surface area contributed by atoms with Crippen LogP contribution in [0.2, 0.25) is 0 Å². The lowest BCUT2D eigenvalue weighted by Crippen LogP contribution is -2.11. The van der Waals surface area contributed by atoms with E-state index >= 15 is 0 Å². The van der Waals surface area contributed by atoms with Gasteiger partial charge in [0.25, 0.3) is 0 Å². The van der Waals surface area contributed by atoms with E-state index in [4.69, 9.17) is 24.2 Å². The molecule has 1 unspecified atom stereocenters. The second kappa shape index (κ2) is 15.9. The summed E-state index contributed by atoms with van der Waals surface area (Å²) in [5.41, 5.74) is 1.59. The smallest absolute Gasteiger partial charge is 0.167 e. The van der Waals surface area contributed by atoms with Crippen LogP contribution >= 0.6 is 0 Å². The zero-order valence-corrected chi connectivity index (χ0v) is 26.5. The molecule has 4 aromatic rings. The minimum Gasteiger partial charge on any atom is -0.507 e. The van der Waals surface area contributed by atoms with Crippen molar-refractivity contribution in [2.24, 2.45) is 11.8 Å². The first-order chi connectivity index (χ1) is 21.4. The SMILES string of the molecule is CCCCC(CC)COc1ccc(-c2nc(-c3ccc(OC)cc3)nc(-c3ccc(OCC(CC)CC)cc3O)n2)c(O)c1. The maximum Gasteiger partial charge on any atom is 0.167 e. The first-order valence-electron chi connectivity index (χ1n) is 15.7. The molecule has 2 N–H and O–H groups in total. The van der Waals surface area contributed by atoms with Gasteiger partial charge in [0.05, 0.1) is 31.5 Å². The molecule has 0 bridgehead atoms. The Labute approximate surface area is 261 Å². The number of nitrogens with zero attached hydrogens (tertiary/aromatic N) is 3. The molecule has 234 valence electrons. The average molecular weight is 600 g/mol. The molecular formula is C36H45N3O5. The molecule has 0 saturated carbocycles. The van der Waals surface area contributed by atoms with Crippen LogP contribution in [-0.4, -0.2) is 45.5 Å². The summed E-state index contributed by atoms with van der Waals surface area (Å²) in [6.07, 6.45) is 6.56. The van der Waals surface area contributed by atoms with E-state index in [0.717, 1.165) is 37.7 Å². The minimum absolute atomic E-state index is 0.00342. The normalized spacial score (nSPS) is 11.9. The van der Waals surface area contributed by atoms with E-state index in [9.17, 15) is 10.2 Å². The van der Waals surface area contributed by atoms with Crippen molar-refractivity contribution in [1.82, 2.24) is 15.0 Å². The van der Waals surface area contributed by atoms with Gasteiger partial charge in [-0.15, -0.1) is 0 Å². The number of aromatic nitrogens is 3. The molecule has 0 aliphatic rings. The molecule has 8 heteroatoms. The monoisotopic (exact) mass is 599 g/mol. The number of ether oxygens (including phenoxy) is 3. The predicted molar refractivity (Wildman–Crippen MR) is 174 cm³/mol. The van der Waals surface area contributed by atoms with Crippen molar-refractivity contribution in [1.29, 1.82) is 0 Å². The number of methoxy groups -OCH3 is 1. The number of hydrogen-bond acceptors (Lipinski definition) is 8. The summed E-state index contributed by atoms with van der Waals surface area (Å²) in [4.78, 5) is 14.1. The number of unbranched alkanes of at least 4 members (excludes halogenated alkanes) is 1. The fraction of sp³-hybridized carbons (Fsp3) is 0.417. The molecule has 0 spiro atoms. The van der Waals surface area contributed by atoms with Crippen molar-refractivity contribution in [3.05, 3.63) is 60.7 Å². The highest BCUT2D eigenvalue weighted by Gasteiger charge is 2.18. The van der Waals surface area contributed by atoms with Crippen LogP contribution in [0.25, 0.3) is 34.2 Å². The van der Waals surface area contributed by atoms with Gasteiger partial charge in [-0.3, -0.25) is 0 Å². The Balaban J connectivity index is 1.68. The highest BCUT2D eigenvalue weighted by Crippen LogP contribution is 2.36. The van der Waals surface area contributed by atoms with E-state index in [1.165, 1.54) is 6.42 Å². The number of rotatable bonds is 16. The van der Waals surface area contributed by atoms with Crippen molar-refractivity contribution in [2.45, 2.75) is 66.2 Å². The molecule has 0 amide bonds. The van der Waals surface area contributed by atoms with E-state index in [-0.39, 0.29) is 23.1 Å². The summed E-state index contributed by atoms with van der Waals surface area (Å²) in [6.45, 7) is 9.84. The zero-order valence-electron chi connectivity index (χ0n) is 26.5. The number of aromatic hydroxyl groups is 2. The Kier molecular flexibility index (Phi) is 11.8. The van der Waals surface area contributed by atoms with Crippen LogP contribution in [0.3, 0.4) is 0 Å². The summed E-state index contributed by atoms with van der Waals surface area (Å²) < 4.78 is 17.3. The van der Waals surface area contributed by atoms with Gasteiger partial charge in [-0.05, 0) is 66.8 Å². The van der Waals surface area contributed by atoms with Crippen molar-refractivity contribution in [2.75, 3.05) is 20.3 Å². The van der Waals surface area contributed by atoms with Gasteiger partial charge in [-0.2, -0.15) is 0 Å². The summed E-state index contributed by atoms with van der Waals surface area (Å²) in [5.74, 6) is 3.72.